The molecule has 0 saturated heterocycles. The van der Waals surface area contributed by atoms with Gasteiger partial charge >= 0.3 is 0 Å². The molecule has 0 saturated carbocycles. The van der Waals surface area contributed by atoms with E-state index in [1.54, 1.807) is 36.9 Å². The molecule has 6 heteroatoms. The molecule has 5 aromatic rings. The summed E-state index contributed by atoms with van der Waals surface area (Å²) in [7, 11) is 0. The number of primary amides is 2. The summed E-state index contributed by atoms with van der Waals surface area (Å²) >= 11 is 0. The Morgan fingerprint density at radius 1 is 0.474 bits per heavy atom. The second kappa shape index (κ2) is 10.9. The number of amides is 2. The number of nitrogens with zero attached hydrogens (tertiary/aromatic N) is 2. The van der Waals surface area contributed by atoms with Crippen LogP contribution >= 0.6 is 0 Å². The lowest BCUT2D eigenvalue weighted by atomic mass is 9.85. The molecule has 38 heavy (non-hydrogen) atoms. The molecular formula is C32H26N4O2. The second-order valence-electron chi connectivity index (χ2n) is 9.10. The average molecular weight is 499 g/mol. The van der Waals surface area contributed by atoms with E-state index in [1.807, 2.05) is 72.8 Å². The number of hydrogen-bond donors (Lipinski definition) is 2. The van der Waals surface area contributed by atoms with Crippen molar-refractivity contribution in [3.63, 3.8) is 0 Å². The fraction of sp³-hybridized carbons (Fsp3) is 0.0625. The van der Waals surface area contributed by atoms with Gasteiger partial charge in [-0.2, -0.15) is 0 Å². The molecule has 6 nitrogen and oxygen atoms in total. The van der Waals surface area contributed by atoms with Crippen molar-refractivity contribution in [3.05, 3.63) is 143 Å². The quantitative estimate of drug-likeness (QED) is 0.307. The van der Waals surface area contributed by atoms with E-state index in [1.165, 1.54) is 0 Å². The lowest BCUT2D eigenvalue weighted by molar-refractivity contribution is 0.0989. The van der Waals surface area contributed by atoms with Crippen LogP contribution in [-0.2, 0) is 12.8 Å². The monoisotopic (exact) mass is 498 g/mol. The van der Waals surface area contributed by atoms with Gasteiger partial charge in [0.05, 0.1) is 0 Å². The lowest BCUT2D eigenvalue weighted by Crippen LogP contribution is -2.17. The van der Waals surface area contributed by atoms with Crippen molar-refractivity contribution in [2.45, 2.75) is 12.8 Å². The predicted molar refractivity (Wildman–Crippen MR) is 148 cm³/mol. The van der Waals surface area contributed by atoms with Crippen molar-refractivity contribution in [2.24, 2.45) is 11.5 Å². The summed E-state index contributed by atoms with van der Waals surface area (Å²) in [4.78, 5) is 33.2. The number of carbonyl (C=O) groups excluding carboxylic acids is 2. The average Bonchev–Trinajstić information content (AvgIpc) is 2.94. The van der Waals surface area contributed by atoms with Gasteiger partial charge in [0.15, 0.2) is 0 Å². The SMILES string of the molecule is NC(=O)c1ccc(C(N)=O)c(-c2ccc(Cc3ccncc3)cc2)c1-c1ccc(Cc2ccncc2)cc1. The highest BCUT2D eigenvalue weighted by molar-refractivity contribution is 6.10. The third-order valence-electron chi connectivity index (χ3n) is 6.54. The summed E-state index contributed by atoms with van der Waals surface area (Å²) in [6, 6.07) is 26.9. The normalized spacial score (nSPS) is 10.7. The molecule has 2 heterocycles. The van der Waals surface area contributed by atoms with E-state index in [-0.39, 0.29) is 0 Å². The molecule has 5 rings (SSSR count). The molecule has 4 N–H and O–H groups in total. The highest BCUT2D eigenvalue weighted by Crippen LogP contribution is 2.38. The van der Waals surface area contributed by atoms with Crippen molar-refractivity contribution in [3.8, 4) is 22.3 Å². The molecule has 0 aliphatic heterocycles. The van der Waals surface area contributed by atoms with Crippen molar-refractivity contribution in [1.82, 2.24) is 9.97 Å². The molecule has 0 spiro atoms. The van der Waals surface area contributed by atoms with Gasteiger partial charge in [0.2, 0.25) is 11.8 Å². The van der Waals surface area contributed by atoms with Gasteiger partial charge in [-0.1, -0.05) is 48.5 Å². The fourth-order valence-electron chi connectivity index (χ4n) is 4.66. The molecular weight excluding hydrogens is 472 g/mol. The molecule has 0 aliphatic rings. The molecule has 3 aromatic carbocycles. The lowest BCUT2D eigenvalue weighted by Gasteiger charge is -2.18. The Morgan fingerprint density at radius 3 is 1.11 bits per heavy atom. The maximum atomic E-state index is 12.5. The molecule has 0 atom stereocenters. The largest absolute Gasteiger partial charge is 0.366 e. The van der Waals surface area contributed by atoms with Gasteiger partial charge in [0.1, 0.15) is 0 Å². The molecule has 2 amide bonds. The number of hydrogen-bond acceptors (Lipinski definition) is 4. The summed E-state index contributed by atoms with van der Waals surface area (Å²) in [6.07, 6.45) is 8.58. The Morgan fingerprint density at radius 2 is 0.789 bits per heavy atom. The zero-order chi connectivity index (χ0) is 26.5. The van der Waals surface area contributed by atoms with Gasteiger partial charge in [0, 0.05) is 47.0 Å². The molecule has 2 aromatic heterocycles. The van der Waals surface area contributed by atoms with Crippen LogP contribution in [-0.4, -0.2) is 21.8 Å². The minimum absolute atomic E-state index is 0.327. The predicted octanol–water partition coefficient (Wildman–Crippen LogP) is 5.19. The highest BCUT2D eigenvalue weighted by Gasteiger charge is 2.22. The highest BCUT2D eigenvalue weighted by atomic mass is 16.1. The summed E-state index contributed by atoms with van der Waals surface area (Å²) in [5.74, 6) is -1.15. The molecule has 0 bridgehead atoms. The van der Waals surface area contributed by atoms with E-state index in [2.05, 4.69) is 9.97 Å². The van der Waals surface area contributed by atoms with Crippen molar-refractivity contribution in [1.29, 1.82) is 0 Å². The van der Waals surface area contributed by atoms with E-state index in [4.69, 9.17) is 11.5 Å². The maximum Gasteiger partial charge on any atom is 0.249 e. The number of aromatic nitrogens is 2. The number of carbonyl (C=O) groups is 2. The van der Waals surface area contributed by atoms with Crippen molar-refractivity contribution >= 4 is 11.8 Å². The molecule has 0 radical (unpaired) electrons. The third-order valence-corrected chi connectivity index (χ3v) is 6.54. The first-order valence-corrected chi connectivity index (χ1v) is 12.2. The Hall–Kier alpha value is -5.10. The number of nitrogens with two attached hydrogens (primary N) is 2. The Balaban J connectivity index is 1.58. The number of benzene rings is 3. The van der Waals surface area contributed by atoms with Crippen molar-refractivity contribution in [2.75, 3.05) is 0 Å². The summed E-state index contributed by atoms with van der Waals surface area (Å²) < 4.78 is 0. The molecule has 0 unspecified atom stereocenters. The maximum absolute atomic E-state index is 12.5. The van der Waals surface area contributed by atoms with Crippen LogP contribution in [0.15, 0.2) is 110 Å². The van der Waals surface area contributed by atoms with Crippen LogP contribution in [0.5, 0.6) is 0 Å². The van der Waals surface area contributed by atoms with Gasteiger partial charge < -0.3 is 11.5 Å². The number of rotatable bonds is 8. The summed E-state index contributed by atoms with van der Waals surface area (Å²) in [5.41, 5.74) is 19.5. The van der Waals surface area contributed by atoms with Crippen LogP contribution < -0.4 is 11.5 Å². The van der Waals surface area contributed by atoms with Crippen LogP contribution in [0.3, 0.4) is 0 Å². The zero-order valence-electron chi connectivity index (χ0n) is 20.7. The first-order valence-electron chi connectivity index (χ1n) is 12.2. The van der Waals surface area contributed by atoms with Crippen LogP contribution in [0.25, 0.3) is 22.3 Å². The second-order valence-corrected chi connectivity index (χ2v) is 9.10. The Kier molecular flexibility index (Phi) is 7.04. The smallest absolute Gasteiger partial charge is 0.249 e. The first kappa shape index (κ1) is 24.6. The summed E-state index contributed by atoms with van der Waals surface area (Å²) in [5, 5.41) is 0. The molecule has 186 valence electrons. The third kappa shape index (κ3) is 5.34. The van der Waals surface area contributed by atoms with Crippen LogP contribution in [0.4, 0.5) is 0 Å². The van der Waals surface area contributed by atoms with Crippen LogP contribution in [0.1, 0.15) is 43.0 Å². The van der Waals surface area contributed by atoms with E-state index in [0.717, 1.165) is 46.2 Å². The molecule has 0 fully saturated rings. The zero-order valence-corrected chi connectivity index (χ0v) is 20.7. The van der Waals surface area contributed by atoms with E-state index < -0.39 is 11.8 Å². The van der Waals surface area contributed by atoms with Gasteiger partial charge in [-0.3, -0.25) is 19.6 Å². The van der Waals surface area contributed by atoms with Gasteiger partial charge in [0.25, 0.3) is 0 Å². The Bertz CT molecular complexity index is 1460. The van der Waals surface area contributed by atoms with Crippen molar-refractivity contribution < 1.29 is 9.59 Å². The first-order chi connectivity index (χ1) is 18.5. The van der Waals surface area contributed by atoms with E-state index in [9.17, 15) is 9.59 Å². The molecule has 0 aliphatic carbocycles. The van der Waals surface area contributed by atoms with Crippen LogP contribution in [0, 0.1) is 0 Å². The fourth-order valence-corrected chi connectivity index (χ4v) is 4.66. The van der Waals surface area contributed by atoms with E-state index >= 15 is 0 Å². The van der Waals surface area contributed by atoms with Crippen LogP contribution in [0.2, 0.25) is 0 Å². The summed E-state index contributed by atoms with van der Waals surface area (Å²) in [6.45, 7) is 0. The standard InChI is InChI=1S/C32H26N4O2/c33-31(37)27-9-10-28(32(34)38)30(26-7-3-22(4-8-26)20-24-13-17-36-18-14-24)29(27)25-5-1-21(2-6-25)19-23-11-15-35-16-12-23/h1-18H,19-20H2,(H2,33,37)(H2,34,38). The Labute approximate surface area is 221 Å². The minimum Gasteiger partial charge on any atom is -0.366 e. The number of pyridine rings is 2. The van der Waals surface area contributed by atoms with Gasteiger partial charge in [-0.25, -0.2) is 0 Å². The minimum atomic E-state index is -0.576. The van der Waals surface area contributed by atoms with Gasteiger partial charge in [-0.05, 0) is 82.6 Å². The van der Waals surface area contributed by atoms with E-state index in [0.29, 0.717) is 22.3 Å². The topological polar surface area (TPSA) is 112 Å². The van der Waals surface area contributed by atoms with Gasteiger partial charge in [-0.15, -0.1) is 0 Å².